The maximum atomic E-state index is 13.7. The Morgan fingerprint density at radius 3 is 2.80 bits per heavy atom. The molecule has 0 aliphatic carbocycles. The standard InChI is InChI=1S/C15H16FNO3/c1-10(18)13-6-5-12(8-14(13)16)20-9-11-4-3-7-17-15(11)19-2/h3-8,10,18H,9H2,1-2H3/t10-/m0/s1. The van der Waals surface area contributed by atoms with Crippen molar-refractivity contribution in [2.24, 2.45) is 0 Å². The van der Waals surface area contributed by atoms with Crippen molar-refractivity contribution in [3.63, 3.8) is 0 Å². The van der Waals surface area contributed by atoms with Gasteiger partial charge in [-0.15, -0.1) is 0 Å². The van der Waals surface area contributed by atoms with Crippen molar-refractivity contribution in [1.29, 1.82) is 0 Å². The van der Waals surface area contributed by atoms with Crippen molar-refractivity contribution in [2.75, 3.05) is 7.11 Å². The summed E-state index contributed by atoms with van der Waals surface area (Å²) >= 11 is 0. The van der Waals surface area contributed by atoms with Crippen molar-refractivity contribution >= 4 is 0 Å². The first-order valence-electron chi connectivity index (χ1n) is 6.20. The second kappa shape index (κ2) is 6.34. The minimum atomic E-state index is -0.845. The molecule has 2 rings (SSSR count). The summed E-state index contributed by atoms with van der Waals surface area (Å²) in [5, 5.41) is 9.37. The molecular weight excluding hydrogens is 261 g/mol. The third-order valence-corrected chi connectivity index (χ3v) is 2.86. The highest BCUT2D eigenvalue weighted by Crippen LogP contribution is 2.23. The molecule has 20 heavy (non-hydrogen) atoms. The van der Waals surface area contributed by atoms with Gasteiger partial charge in [0, 0.05) is 17.8 Å². The Labute approximate surface area is 116 Å². The Morgan fingerprint density at radius 2 is 2.15 bits per heavy atom. The third-order valence-electron chi connectivity index (χ3n) is 2.86. The van der Waals surface area contributed by atoms with Crippen molar-refractivity contribution in [3.05, 3.63) is 53.5 Å². The molecule has 1 atom stereocenters. The van der Waals surface area contributed by atoms with E-state index in [1.54, 1.807) is 18.3 Å². The zero-order chi connectivity index (χ0) is 14.5. The molecule has 0 saturated carbocycles. The molecule has 0 radical (unpaired) electrons. The highest BCUT2D eigenvalue weighted by Gasteiger charge is 2.10. The molecule has 0 saturated heterocycles. The second-order valence-corrected chi connectivity index (χ2v) is 4.32. The lowest BCUT2D eigenvalue weighted by molar-refractivity contribution is 0.193. The van der Waals surface area contributed by atoms with Crippen LogP contribution in [0.25, 0.3) is 0 Å². The zero-order valence-corrected chi connectivity index (χ0v) is 11.3. The summed E-state index contributed by atoms with van der Waals surface area (Å²) in [4.78, 5) is 4.05. The van der Waals surface area contributed by atoms with Gasteiger partial charge >= 0.3 is 0 Å². The number of aromatic nitrogens is 1. The van der Waals surface area contributed by atoms with Gasteiger partial charge in [0.05, 0.1) is 18.8 Å². The van der Waals surface area contributed by atoms with Crippen molar-refractivity contribution in [3.8, 4) is 11.6 Å². The largest absolute Gasteiger partial charge is 0.489 e. The monoisotopic (exact) mass is 277 g/mol. The van der Waals surface area contributed by atoms with E-state index in [2.05, 4.69) is 4.98 Å². The number of hydrogen-bond acceptors (Lipinski definition) is 4. The Kier molecular flexibility index (Phi) is 4.53. The lowest BCUT2D eigenvalue weighted by Gasteiger charge is -2.11. The summed E-state index contributed by atoms with van der Waals surface area (Å²) in [7, 11) is 1.53. The number of hydrogen-bond donors (Lipinski definition) is 1. The Hall–Kier alpha value is -2.14. The molecule has 106 valence electrons. The van der Waals surface area contributed by atoms with E-state index in [1.807, 2.05) is 6.07 Å². The van der Waals surface area contributed by atoms with Gasteiger partial charge in [0.1, 0.15) is 18.2 Å². The van der Waals surface area contributed by atoms with Crippen LogP contribution in [0.2, 0.25) is 0 Å². The van der Waals surface area contributed by atoms with Crippen LogP contribution in [-0.4, -0.2) is 17.2 Å². The summed E-state index contributed by atoms with van der Waals surface area (Å²) in [5.74, 6) is 0.377. The molecule has 1 aromatic heterocycles. The number of pyridine rings is 1. The van der Waals surface area contributed by atoms with Gasteiger partial charge in [0.2, 0.25) is 5.88 Å². The number of halogens is 1. The molecule has 1 heterocycles. The Balaban J connectivity index is 2.09. The Morgan fingerprint density at radius 1 is 1.35 bits per heavy atom. The fraction of sp³-hybridized carbons (Fsp3) is 0.267. The Bertz CT molecular complexity index is 587. The normalized spacial score (nSPS) is 12.0. The molecule has 5 heteroatoms. The van der Waals surface area contributed by atoms with Crippen molar-refractivity contribution in [1.82, 2.24) is 4.98 Å². The van der Waals surface area contributed by atoms with E-state index in [0.29, 0.717) is 11.6 Å². The van der Waals surface area contributed by atoms with Crippen LogP contribution in [0.15, 0.2) is 36.5 Å². The van der Waals surface area contributed by atoms with Crippen LogP contribution in [0.4, 0.5) is 4.39 Å². The third kappa shape index (κ3) is 3.24. The fourth-order valence-electron chi connectivity index (χ4n) is 1.82. The van der Waals surface area contributed by atoms with Crippen molar-refractivity contribution < 1.29 is 19.0 Å². The number of rotatable bonds is 5. The van der Waals surface area contributed by atoms with Gasteiger partial charge in [-0.05, 0) is 31.2 Å². The van der Waals surface area contributed by atoms with Crippen LogP contribution in [0, 0.1) is 5.82 Å². The van der Waals surface area contributed by atoms with Crippen LogP contribution < -0.4 is 9.47 Å². The van der Waals surface area contributed by atoms with Gasteiger partial charge in [-0.2, -0.15) is 0 Å². The van der Waals surface area contributed by atoms with Crippen LogP contribution in [0.1, 0.15) is 24.2 Å². The molecule has 0 unspecified atom stereocenters. The minimum absolute atomic E-state index is 0.227. The van der Waals surface area contributed by atoms with Gasteiger partial charge in [0.25, 0.3) is 0 Å². The van der Waals surface area contributed by atoms with Crippen molar-refractivity contribution in [2.45, 2.75) is 19.6 Å². The average molecular weight is 277 g/mol. The van der Waals surface area contributed by atoms with E-state index >= 15 is 0 Å². The molecular formula is C15H16FNO3. The molecule has 1 aromatic carbocycles. The van der Waals surface area contributed by atoms with Crippen LogP contribution in [0.3, 0.4) is 0 Å². The average Bonchev–Trinajstić information content (AvgIpc) is 2.45. The highest BCUT2D eigenvalue weighted by atomic mass is 19.1. The molecule has 0 aliphatic heterocycles. The second-order valence-electron chi connectivity index (χ2n) is 4.32. The van der Waals surface area contributed by atoms with E-state index in [-0.39, 0.29) is 12.2 Å². The first-order chi connectivity index (χ1) is 9.61. The van der Waals surface area contributed by atoms with Gasteiger partial charge in [-0.25, -0.2) is 9.37 Å². The molecule has 0 bridgehead atoms. The maximum absolute atomic E-state index is 13.7. The zero-order valence-electron chi connectivity index (χ0n) is 11.3. The quantitative estimate of drug-likeness (QED) is 0.913. The predicted octanol–water partition coefficient (Wildman–Crippen LogP) is 2.86. The van der Waals surface area contributed by atoms with Gasteiger partial charge in [-0.1, -0.05) is 0 Å². The fourth-order valence-corrected chi connectivity index (χ4v) is 1.82. The first kappa shape index (κ1) is 14.3. The smallest absolute Gasteiger partial charge is 0.219 e. The van der Waals surface area contributed by atoms with E-state index in [1.165, 1.54) is 26.2 Å². The molecule has 0 spiro atoms. The summed E-state index contributed by atoms with van der Waals surface area (Å²) in [6.07, 6.45) is 0.779. The van der Waals surface area contributed by atoms with Crippen LogP contribution >= 0.6 is 0 Å². The van der Waals surface area contributed by atoms with E-state index in [4.69, 9.17) is 9.47 Å². The number of ether oxygens (including phenoxy) is 2. The minimum Gasteiger partial charge on any atom is -0.489 e. The van der Waals surface area contributed by atoms with Gasteiger partial charge in [-0.3, -0.25) is 0 Å². The number of benzene rings is 1. The molecule has 0 aliphatic rings. The molecule has 1 N–H and O–H groups in total. The van der Waals surface area contributed by atoms with Gasteiger partial charge in [0.15, 0.2) is 0 Å². The SMILES string of the molecule is COc1ncccc1COc1ccc([C@H](C)O)c(F)c1. The van der Waals surface area contributed by atoms with E-state index in [0.717, 1.165) is 5.56 Å². The molecule has 0 fully saturated rings. The predicted molar refractivity (Wildman–Crippen MR) is 72.2 cm³/mol. The van der Waals surface area contributed by atoms with Crippen LogP contribution in [0.5, 0.6) is 11.6 Å². The maximum Gasteiger partial charge on any atom is 0.219 e. The summed E-state index contributed by atoms with van der Waals surface area (Å²) in [6.45, 7) is 1.74. The molecule has 4 nitrogen and oxygen atoms in total. The molecule has 0 amide bonds. The van der Waals surface area contributed by atoms with E-state index in [9.17, 15) is 9.50 Å². The lowest BCUT2D eigenvalue weighted by Crippen LogP contribution is -2.01. The number of methoxy groups -OCH3 is 1. The number of aliphatic hydroxyl groups excluding tert-OH is 1. The first-order valence-corrected chi connectivity index (χ1v) is 6.20. The lowest BCUT2D eigenvalue weighted by atomic mass is 10.1. The topological polar surface area (TPSA) is 51.6 Å². The number of aliphatic hydroxyl groups is 1. The summed E-state index contributed by atoms with van der Waals surface area (Å²) < 4.78 is 24.3. The summed E-state index contributed by atoms with van der Waals surface area (Å²) in [5.41, 5.74) is 1.02. The summed E-state index contributed by atoms with van der Waals surface area (Å²) in [6, 6.07) is 7.99. The highest BCUT2D eigenvalue weighted by molar-refractivity contribution is 5.31. The number of nitrogens with zero attached hydrogens (tertiary/aromatic N) is 1. The molecule has 2 aromatic rings. The van der Waals surface area contributed by atoms with Crippen LogP contribution in [-0.2, 0) is 6.61 Å². The van der Waals surface area contributed by atoms with E-state index < -0.39 is 11.9 Å². The van der Waals surface area contributed by atoms with Gasteiger partial charge < -0.3 is 14.6 Å².